The van der Waals surface area contributed by atoms with Crippen molar-refractivity contribution < 1.29 is 17.9 Å². The van der Waals surface area contributed by atoms with Crippen LogP contribution in [0, 0.1) is 0 Å². The highest BCUT2D eigenvalue weighted by atomic mass is 32.2. The van der Waals surface area contributed by atoms with Gasteiger partial charge in [-0.3, -0.25) is 4.79 Å². The minimum Gasteiger partial charge on any atom is -0.481 e. The molecule has 0 unspecified atom stereocenters. The molecule has 0 aliphatic carbocycles. The lowest BCUT2D eigenvalue weighted by Crippen LogP contribution is -2.31. The second-order valence-corrected chi connectivity index (χ2v) is 5.92. The van der Waals surface area contributed by atoms with Crippen molar-refractivity contribution in [2.24, 2.45) is 0 Å². The largest absolute Gasteiger partial charge is 0.481 e. The minimum atomic E-state index is -3.39. The van der Waals surface area contributed by atoms with Crippen LogP contribution in [0.4, 0.5) is 5.69 Å². The third-order valence-corrected chi connectivity index (χ3v) is 3.72. The zero-order valence-corrected chi connectivity index (χ0v) is 10.6. The molecular weight excluding hydrogens is 244 g/mol. The molecule has 1 atom stereocenters. The van der Waals surface area contributed by atoms with E-state index >= 15 is 0 Å². The Hall–Kier alpha value is -1.63. The van der Waals surface area contributed by atoms with E-state index in [4.69, 9.17) is 4.74 Å². The van der Waals surface area contributed by atoms with Gasteiger partial charge in [0.25, 0.3) is 0 Å². The molecule has 0 saturated carbocycles. The van der Waals surface area contributed by atoms with Crippen molar-refractivity contribution >= 4 is 21.4 Å². The van der Waals surface area contributed by atoms with Gasteiger partial charge in [0.2, 0.25) is 11.8 Å². The van der Waals surface area contributed by atoms with E-state index in [1.807, 2.05) is 0 Å². The number of amides is 1. The first-order valence-electron chi connectivity index (χ1n) is 4.84. The zero-order valence-electron chi connectivity index (χ0n) is 9.80. The average Bonchev–Trinajstić information content (AvgIpc) is 2.27. The van der Waals surface area contributed by atoms with Gasteiger partial charge in [0.1, 0.15) is 5.25 Å². The molecule has 0 aromatic carbocycles. The Labute approximate surface area is 99.9 Å². The molecule has 1 N–H and O–H groups in total. The molecule has 6 nitrogen and oxygen atoms in total. The quantitative estimate of drug-likeness (QED) is 0.848. The molecule has 0 spiro atoms. The van der Waals surface area contributed by atoms with E-state index in [9.17, 15) is 13.2 Å². The summed E-state index contributed by atoms with van der Waals surface area (Å²) in [6.07, 6.45) is 2.41. The van der Waals surface area contributed by atoms with Crippen molar-refractivity contribution in [1.82, 2.24) is 4.98 Å². The number of anilines is 1. The fourth-order valence-corrected chi connectivity index (χ4v) is 1.46. The minimum absolute atomic E-state index is 0.416. The number of nitrogens with zero attached hydrogens (tertiary/aromatic N) is 1. The fourth-order valence-electron chi connectivity index (χ4n) is 1.01. The number of methoxy groups -OCH3 is 1. The molecule has 1 rings (SSSR count). The Morgan fingerprint density at radius 3 is 2.53 bits per heavy atom. The zero-order chi connectivity index (χ0) is 13.1. The first-order valence-corrected chi connectivity index (χ1v) is 6.80. The van der Waals surface area contributed by atoms with Crippen molar-refractivity contribution in [3.63, 3.8) is 0 Å². The van der Waals surface area contributed by atoms with E-state index in [1.165, 1.54) is 20.2 Å². The van der Waals surface area contributed by atoms with Crippen LogP contribution in [0.3, 0.4) is 0 Å². The van der Waals surface area contributed by atoms with Crippen LogP contribution in [0.2, 0.25) is 0 Å². The van der Waals surface area contributed by atoms with Crippen LogP contribution in [0.25, 0.3) is 0 Å². The first-order chi connectivity index (χ1) is 7.84. The van der Waals surface area contributed by atoms with Gasteiger partial charge in [-0.25, -0.2) is 13.4 Å². The molecule has 0 fully saturated rings. The highest BCUT2D eigenvalue weighted by molar-refractivity contribution is 7.92. The summed E-state index contributed by atoms with van der Waals surface area (Å²) in [5, 5.41) is 1.37. The fraction of sp³-hybridized carbons (Fsp3) is 0.400. The summed E-state index contributed by atoms with van der Waals surface area (Å²) in [6.45, 7) is 1.33. The van der Waals surface area contributed by atoms with E-state index in [0.717, 1.165) is 6.26 Å². The summed E-state index contributed by atoms with van der Waals surface area (Å²) >= 11 is 0. The summed E-state index contributed by atoms with van der Waals surface area (Å²) in [6, 6.07) is 3.15. The second kappa shape index (κ2) is 5.13. The summed E-state index contributed by atoms with van der Waals surface area (Å²) < 4.78 is 27.2. The lowest BCUT2D eigenvalue weighted by atomic mass is 10.3. The van der Waals surface area contributed by atoms with Crippen LogP contribution >= 0.6 is 0 Å². The van der Waals surface area contributed by atoms with Crippen LogP contribution in [-0.4, -0.2) is 37.9 Å². The van der Waals surface area contributed by atoms with Gasteiger partial charge >= 0.3 is 0 Å². The Morgan fingerprint density at radius 2 is 2.12 bits per heavy atom. The van der Waals surface area contributed by atoms with Crippen molar-refractivity contribution in [1.29, 1.82) is 0 Å². The van der Waals surface area contributed by atoms with Gasteiger partial charge in [-0.05, 0) is 13.0 Å². The van der Waals surface area contributed by atoms with Gasteiger partial charge in [0.15, 0.2) is 9.84 Å². The average molecular weight is 258 g/mol. The molecule has 7 heteroatoms. The SMILES string of the molecule is COc1ccc(NC(=O)[C@H](C)S(C)(=O)=O)cn1. The van der Waals surface area contributed by atoms with E-state index in [0.29, 0.717) is 11.6 Å². The molecular formula is C10H14N2O4S. The maximum Gasteiger partial charge on any atom is 0.242 e. The Morgan fingerprint density at radius 1 is 1.47 bits per heavy atom. The number of hydrogen-bond donors (Lipinski definition) is 1. The maximum absolute atomic E-state index is 11.6. The number of rotatable bonds is 4. The topological polar surface area (TPSA) is 85.4 Å². The third kappa shape index (κ3) is 3.70. The Kier molecular flexibility index (Phi) is 4.06. The Balaban J connectivity index is 2.74. The third-order valence-electron chi connectivity index (χ3n) is 2.22. The summed E-state index contributed by atoms with van der Waals surface area (Å²) in [5.41, 5.74) is 0.423. The van der Waals surface area contributed by atoms with Gasteiger partial charge in [-0.2, -0.15) is 0 Å². The molecule has 1 aromatic heterocycles. The molecule has 0 aliphatic heterocycles. The molecule has 1 amide bonds. The molecule has 1 heterocycles. The number of ether oxygens (including phenoxy) is 1. The number of carbonyl (C=O) groups is 1. The number of nitrogens with one attached hydrogen (secondary N) is 1. The van der Waals surface area contributed by atoms with Gasteiger partial charge < -0.3 is 10.1 Å². The standard InChI is InChI=1S/C10H14N2O4S/c1-7(17(3,14)15)10(13)12-8-4-5-9(16-2)11-6-8/h4-7H,1-3H3,(H,12,13)/t7-/m0/s1. The molecule has 1 aromatic rings. The number of hydrogen-bond acceptors (Lipinski definition) is 5. The summed E-state index contributed by atoms with van der Waals surface area (Å²) in [4.78, 5) is 15.4. The molecule has 0 radical (unpaired) electrons. The van der Waals surface area contributed by atoms with Crippen LogP contribution in [0.5, 0.6) is 5.88 Å². The lowest BCUT2D eigenvalue weighted by Gasteiger charge is -2.10. The number of carbonyl (C=O) groups excluding carboxylic acids is 1. The normalized spacial score (nSPS) is 12.9. The van der Waals surface area contributed by atoms with Crippen LogP contribution in [0.15, 0.2) is 18.3 Å². The van der Waals surface area contributed by atoms with Crippen LogP contribution < -0.4 is 10.1 Å². The van der Waals surface area contributed by atoms with Crippen molar-refractivity contribution in [3.8, 4) is 5.88 Å². The molecule has 0 bridgehead atoms. The molecule has 94 valence electrons. The molecule has 0 saturated heterocycles. The van der Waals surface area contributed by atoms with Gasteiger partial charge in [0.05, 0.1) is 19.0 Å². The van der Waals surface area contributed by atoms with Gasteiger partial charge in [-0.15, -0.1) is 0 Å². The predicted octanol–water partition coefficient (Wildman–Crippen LogP) is 0.462. The lowest BCUT2D eigenvalue weighted by molar-refractivity contribution is -0.115. The smallest absolute Gasteiger partial charge is 0.242 e. The number of pyridine rings is 1. The predicted molar refractivity (Wildman–Crippen MR) is 63.7 cm³/mol. The highest BCUT2D eigenvalue weighted by Gasteiger charge is 2.23. The number of aromatic nitrogens is 1. The van der Waals surface area contributed by atoms with E-state index < -0.39 is 21.0 Å². The van der Waals surface area contributed by atoms with E-state index in [1.54, 1.807) is 12.1 Å². The summed E-state index contributed by atoms with van der Waals surface area (Å²) in [7, 11) is -1.91. The van der Waals surface area contributed by atoms with Crippen LogP contribution in [0.1, 0.15) is 6.92 Å². The van der Waals surface area contributed by atoms with Crippen molar-refractivity contribution in [3.05, 3.63) is 18.3 Å². The van der Waals surface area contributed by atoms with E-state index in [2.05, 4.69) is 10.3 Å². The van der Waals surface area contributed by atoms with E-state index in [-0.39, 0.29) is 0 Å². The summed E-state index contributed by atoms with van der Waals surface area (Å²) in [5.74, 6) is -0.168. The molecule has 17 heavy (non-hydrogen) atoms. The maximum atomic E-state index is 11.6. The van der Waals surface area contributed by atoms with Crippen molar-refractivity contribution in [2.45, 2.75) is 12.2 Å². The van der Waals surface area contributed by atoms with Gasteiger partial charge in [0, 0.05) is 12.3 Å². The number of sulfone groups is 1. The Bertz CT molecular complexity index is 496. The molecule has 0 aliphatic rings. The van der Waals surface area contributed by atoms with Crippen molar-refractivity contribution in [2.75, 3.05) is 18.7 Å². The van der Waals surface area contributed by atoms with Gasteiger partial charge in [-0.1, -0.05) is 0 Å². The van der Waals surface area contributed by atoms with Crippen LogP contribution in [-0.2, 0) is 14.6 Å². The monoisotopic (exact) mass is 258 g/mol. The second-order valence-electron chi connectivity index (χ2n) is 3.55. The highest BCUT2D eigenvalue weighted by Crippen LogP contribution is 2.12. The first kappa shape index (κ1) is 13.4.